The molecule has 1 fully saturated rings. The monoisotopic (exact) mass is 292 g/mol. The van der Waals surface area contributed by atoms with Gasteiger partial charge in [-0.05, 0) is 5.41 Å². The summed E-state index contributed by atoms with van der Waals surface area (Å²) in [5.74, 6) is 0.898. The van der Waals surface area contributed by atoms with Gasteiger partial charge in [0.2, 0.25) is 5.82 Å². The predicted molar refractivity (Wildman–Crippen MR) is 74.4 cm³/mol. The molecule has 0 amide bonds. The van der Waals surface area contributed by atoms with E-state index >= 15 is 0 Å². The Balaban J connectivity index is 1.82. The van der Waals surface area contributed by atoms with Crippen LogP contribution in [-0.2, 0) is 4.74 Å². The molecule has 0 aliphatic carbocycles. The van der Waals surface area contributed by atoms with Crippen LogP contribution >= 0.6 is 0 Å². The number of rotatable bonds is 4. The van der Waals surface area contributed by atoms with Gasteiger partial charge in [-0.1, -0.05) is 31.1 Å². The van der Waals surface area contributed by atoms with Crippen molar-refractivity contribution in [2.45, 2.75) is 32.9 Å². The van der Waals surface area contributed by atoms with E-state index in [-0.39, 0.29) is 11.5 Å². The van der Waals surface area contributed by atoms with E-state index in [2.05, 4.69) is 46.5 Å². The summed E-state index contributed by atoms with van der Waals surface area (Å²) in [5.41, 5.74) is 0.467. The second kappa shape index (κ2) is 5.19. The molecule has 0 bridgehead atoms. The molecule has 3 rings (SSSR count). The van der Waals surface area contributed by atoms with Crippen molar-refractivity contribution in [3.05, 3.63) is 12.0 Å². The molecule has 1 saturated heterocycles. The third kappa shape index (κ3) is 2.68. The lowest BCUT2D eigenvalue weighted by molar-refractivity contribution is 0.00718. The van der Waals surface area contributed by atoms with Gasteiger partial charge in [-0.2, -0.15) is 4.98 Å². The van der Waals surface area contributed by atoms with Gasteiger partial charge in [0.25, 0.3) is 5.89 Å². The van der Waals surface area contributed by atoms with Gasteiger partial charge >= 0.3 is 0 Å². The minimum atomic E-state index is -0.235. The highest BCUT2D eigenvalue weighted by Crippen LogP contribution is 2.34. The highest BCUT2D eigenvalue weighted by molar-refractivity contribution is 5.43. The number of nitrogens with one attached hydrogen (secondary N) is 1. The maximum absolute atomic E-state index is 5.49. The van der Waals surface area contributed by atoms with Crippen molar-refractivity contribution in [3.8, 4) is 11.6 Å². The third-order valence-corrected chi connectivity index (χ3v) is 3.56. The molecule has 0 saturated carbocycles. The Morgan fingerprint density at radius 3 is 2.76 bits per heavy atom. The Morgan fingerprint density at radius 2 is 2.19 bits per heavy atom. The van der Waals surface area contributed by atoms with Crippen molar-refractivity contribution in [2.75, 3.05) is 20.2 Å². The third-order valence-electron chi connectivity index (χ3n) is 3.56. The molecule has 114 valence electrons. The van der Waals surface area contributed by atoms with E-state index in [1.54, 1.807) is 7.11 Å². The Bertz CT molecular complexity index is 610. The zero-order valence-corrected chi connectivity index (χ0v) is 12.7. The topological polar surface area (TPSA) is 90.9 Å². The molecular weight excluding hydrogens is 272 g/mol. The van der Waals surface area contributed by atoms with Gasteiger partial charge < -0.3 is 14.6 Å². The van der Waals surface area contributed by atoms with Crippen LogP contribution in [0.5, 0.6) is 0 Å². The summed E-state index contributed by atoms with van der Waals surface area (Å²) in [7, 11) is 1.64. The number of hydrogen-bond donors (Lipinski definition) is 1. The normalized spacial score (nSPS) is 17.7. The van der Waals surface area contributed by atoms with Crippen LogP contribution in [0.3, 0.4) is 0 Å². The summed E-state index contributed by atoms with van der Waals surface area (Å²) in [6.45, 7) is 8.02. The highest BCUT2D eigenvalue weighted by atomic mass is 16.5. The first-order valence-corrected chi connectivity index (χ1v) is 6.98. The molecule has 8 nitrogen and oxygen atoms in total. The quantitative estimate of drug-likeness (QED) is 0.905. The molecule has 2 aromatic heterocycles. The minimum Gasteiger partial charge on any atom is -0.373 e. The maximum Gasteiger partial charge on any atom is 0.280 e. The molecule has 0 aromatic carbocycles. The average Bonchev–Trinajstić information content (AvgIpc) is 2.94. The number of ether oxygens (including phenoxy) is 1. The van der Waals surface area contributed by atoms with Crippen molar-refractivity contribution in [1.82, 2.24) is 30.5 Å². The van der Waals surface area contributed by atoms with Crippen LogP contribution < -0.4 is 5.32 Å². The summed E-state index contributed by atoms with van der Waals surface area (Å²) < 4.78 is 12.6. The Kier molecular flexibility index (Phi) is 3.50. The standard InChI is InChI=1S/C13H20N6O2/c1-13(2,3)10(20-4)11-15-12(21-17-11)9-7-19(18-16-9)8-5-14-6-8/h7-8,10,14H,5-6H2,1-4H3. The van der Waals surface area contributed by atoms with Crippen molar-refractivity contribution >= 4 is 0 Å². The molecule has 3 heterocycles. The van der Waals surface area contributed by atoms with E-state index in [9.17, 15) is 0 Å². The minimum absolute atomic E-state index is 0.120. The molecule has 1 atom stereocenters. The molecule has 0 spiro atoms. The lowest BCUT2D eigenvalue weighted by Gasteiger charge is -2.26. The van der Waals surface area contributed by atoms with Gasteiger partial charge in [0.15, 0.2) is 5.69 Å². The first kappa shape index (κ1) is 14.2. The molecule has 1 aliphatic rings. The number of aromatic nitrogens is 5. The van der Waals surface area contributed by atoms with Gasteiger partial charge in [0.05, 0.1) is 12.2 Å². The van der Waals surface area contributed by atoms with E-state index in [0.29, 0.717) is 23.5 Å². The van der Waals surface area contributed by atoms with Crippen molar-refractivity contribution < 1.29 is 9.26 Å². The molecule has 1 N–H and O–H groups in total. The van der Waals surface area contributed by atoms with Gasteiger partial charge in [-0.3, -0.25) is 0 Å². The Morgan fingerprint density at radius 1 is 1.43 bits per heavy atom. The van der Waals surface area contributed by atoms with E-state index in [1.807, 2.05) is 10.9 Å². The van der Waals surface area contributed by atoms with Crippen LogP contribution in [0.15, 0.2) is 10.7 Å². The van der Waals surface area contributed by atoms with Crippen molar-refractivity contribution in [1.29, 1.82) is 0 Å². The molecular formula is C13H20N6O2. The lowest BCUT2D eigenvalue weighted by atomic mass is 9.88. The average molecular weight is 292 g/mol. The van der Waals surface area contributed by atoms with Crippen LogP contribution in [0.1, 0.15) is 38.7 Å². The highest BCUT2D eigenvalue weighted by Gasteiger charge is 2.31. The summed E-state index contributed by atoms with van der Waals surface area (Å²) >= 11 is 0. The first-order valence-electron chi connectivity index (χ1n) is 6.98. The van der Waals surface area contributed by atoms with Gasteiger partial charge in [0, 0.05) is 20.2 Å². The molecule has 1 aliphatic heterocycles. The molecule has 2 aromatic rings. The SMILES string of the molecule is COC(c1noc(-c2cn(C3CNC3)nn2)n1)C(C)(C)C. The summed E-state index contributed by atoms with van der Waals surface area (Å²) in [4.78, 5) is 4.40. The maximum atomic E-state index is 5.49. The fraction of sp³-hybridized carbons (Fsp3) is 0.692. The van der Waals surface area contributed by atoms with Crippen LogP contribution in [0.4, 0.5) is 0 Å². The second-order valence-electron chi connectivity index (χ2n) is 6.34. The van der Waals surface area contributed by atoms with Gasteiger partial charge in [0.1, 0.15) is 6.10 Å². The summed E-state index contributed by atoms with van der Waals surface area (Å²) in [5, 5.41) is 15.4. The van der Waals surface area contributed by atoms with E-state index in [0.717, 1.165) is 13.1 Å². The van der Waals surface area contributed by atoms with Gasteiger partial charge in [-0.25, -0.2) is 4.68 Å². The van der Waals surface area contributed by atoms with Crippen molar-refractivity contribution in [3.63, 3.8) is 0 Å². The zero-order valence-electron chi connectivity index (χ0n) is 12.7. The van der Waals surface area contributed by atoms with Crippen LogP contribution in [0.2, 0.25) is 0 Å². The number of nitrogens with zero attached hydrogens (tertiary/aromatic N) is 5. The summed E-state index contributed by atoms with van der Waals surface area (Å²) in [6, 6.07) is 0.356. The second-order valence-corrected chi connectivity index (χ2v) is 6.34. The van der Waals surface area contributed by atoms with Crippen LogP contribution in [-0.4, -0.2) is 45.3 Å². The zero-order chi connectivity index (χ0) is 15.0. The molecule has 8 heteroatoms. The molecule has 1 unspecified atom stereocenters. The van der Waals surface area contributed by atoms with Gasteiger partial charge in [-0.15, -0.1) is 5.10 Å². The van der Waals surface area contributed by atoms with E-state index in [1.165, 1.54) is 0 Å². The van der Waals surface area contributed by atoms with Crippen LogP contribution in [0, 0.1) is 5.41 Å². The fourth-order valence-electron chi connectivity index (χ4n) is 2.31. The largest absolute Gasteiger partial charge is 0.373 e. The van der Waals surface area contributed by atoms with E-state index in [4.69, 9.17) is 9.26 Å². The summed E-state index contributed by atoms with van der Waals surface area (Å²) in [6.07, 6.45) is 1.60. The predicted octanol–water partition coefficient (Wildman–Crippen LogP) is 1.21. The van der Waals surface area contributed by atoms with Crippen molar-refractivity contribution in [2.24, 2.45) is 5.41 Å². The van der Waals surface area contributed by atoms with E-state index < -0.39 is 0 Å². The molecule has 0 radical (unpaired) electrons. The lowest BCUT2D eigenvalue weighted by Crippen LogP contribution is -2.43. The smallest absolute Gasteiger partial charge is 0.280 e. The Hall–Kier alpha value is -1.80. The fourth-order valence-corrected chi connectivity index (χ4v) is 2.31. The molecule has 21 heavy (non-hydrogen) atoms. The number of methoxy groups -OCH3 is 1. The number of hydrogen-bond acceptors (Lipinski definition) is 7. The van der Waals surface area contributed by atoms with Crippen LogP contribution in [0.25, 0.3) is 11.6 Å². The first-order chi connectivity index (χ1) is 9.99. The Labute approximate surface area is 122 Å².